The number of aryl methyl sites for hydroxylation is 1. The molecule has 2 aromatic rings. The van der Waals surface area contributed by atoms with Crippen LogP contribution in [0.4, 0.5) is 0 Å². The van der Waals surface area contributed by atoms with Gasteiger partial charge >= 0.3 is 0 Å². The standard InChI is InChI=1S/C20H26O3/c1-3-4-5-7-16-10-12-18(13-11-16)23-15-20(21)17-8-6-9-19(14-17)22-2/h6,8-14,20-21H,3-5,7,15H2,1-2H3. The maximum absolute atomic E-state index is 10.2. The Morgan fingerprint density at radius 2 is 1.78 bits per heavy atom. The third-order valence-electron chi connectivity index (χ3n) is 3.88. The van der Waals surface area contributed by atoms with Crippen molar-refractivity contribution in [2.45, 2.75) is 38.7 Å². The molecule has 0 heterocycles. The van der Waals surface area contributed by atoms with Crippen LogP contribution in [0, 0.1) is 0 Å². The second kappa shape index (κ2) is 9.21. The van der Waals surface area contributed by atoms with E-state index >= 15 is 0 Å². The molecule has 0 aliphatic carbocycles. The van der Waals surface area contributed by atoms with E-state index in [4.69, 9.17) is 9.47 Å². The van der Waals surface area contributed by atoms with E-state index in [1.807, 2.05) is 36.4 Å². The van der Waals surface area contributed by atoms with Crippen molar-refractivity contribution < 1.29 is 14.6 Å². The number of hydrogen-bond acceptors (Lipinski definition) is 3. The molecule has 1 unspecified atom stereocenters. The summed E-state index contributed by atoms with van der Waals surface area (Å²) in [5.41, 5.74) is 2.12. The predicted molar refractivity (Wildman–Crippen MR) is 93.1 cm³/mol. The molecule has 0 aromatic heterocycles. The van der Waals surface area contributed by atoms with Gasteiger partial charge in [0.15, 0.2) is 0 Å². The molecule has 2 rings (SSSR count). The highest BCUT2D eigenvalue weighted by Gasteiger charge is 2.09. The lowest BCUT2D eigenvalue weighted by atomic mass is 10.1. The first-order valence-corrected chi connectivity index (χ1v) is 8.26. The third-order valence-corrected chi connectivity index (χ3v) is 3.88. The number of unbranched alkanes of at least 4 members (excludes halogenated alkanes) is 2. The van der Waals surface area contributed by atoms with Crippen LogP contribution in [0.3, 0.4) is 0 Å². The van der Waals surface area contributed by atoms with Crippen molar-refractivity contribution in [3.05, 3.63) is 59.7 Å². The highest BCUT2D eigenvalue weighted by molar-refractivity contribution is 5.30. The molecule has 124 valence electrons. The van der Waals surface area contributed by atoms with Crippen molar-refractivity contribution >= 4 is 0 Å². The van der Waals surface area contributed by atoms with Crippen LogP contribution in [0.2, 0.25) is 0 Å². The summed E-state index contributed by atoms with van der Waals surface area (Å²) in [7, 11) is 1.62. The topological polar surface area (TPSA) is 38.7 Å². The summed E-state index contributed by atoms with van der Waals surface area (Å²) in [6, 6.07) is 15.6. The van der Waals surface area contributed by atoms with E-state index in [-0.39, 0.29) is 6.61 Å². The maximum Gasteiger partial charge on any atom is 0.119 e. The van der Waals surface area contributed by atoms with Crippen molar-refractivity contribution in [3.8, 4) is 11.5 Å². The van der Waals surface area contributed by atoms with Gasteiger partial charge in [-0.2, -0.15) is 0 Å². The quantitative estimate of drug-likeness (QED) is 0.691. The molecule has 0 spiro atoms. The van der Waals surface area contributed by atoms with Crippen molar-refractivity contribution in [1.29, 1.82) is 0 Å². The molecule has 0 aliphatic heterocycles. The van der Waals surface area contributed by atoms with E-state index in [0.717, 1.165) is 23.5 Å². The fraction of sp³-hybridized carbons (Fsp3) is 0.400. The summed E-state index contributed by atoms with van der Waals surface area (Å²) in [5.74, 6) is 1.52. The molecule has 0 fully saturated rings. The molecule has 0 saturated heterocycles. The Labute approximate surface area is 138 Å². The summed E-state index contributed by atoms with van der Waals surface area (Å²) >= 11 is 0. The first-order valence-electron chi connectivity index (χ1n) is 8.26. The van der Waals surface area contributed by atoms with Gasteiger partial charge in [-0.3, -0.25) is 0 Å². The third kappa shape index (κ3) is 5.61. The number of aliphatic hydroxyl groups is 1. The fourth-order valence-corrected chi connectivity index (χ4v) is 2.45. The number of ether oxygens (including phenoxy) is 2. The number of hydrogen-bond donors (Lipinski definition) is 1. The van der Waals surface area contributed by atoms with E-state index in [1.165, 1.54) is 24.8 Å². The van der Waals surface area contributed by atoms with Crippen LogP contribution in [0.25, 0.3) is 0 Å². The second-order valence-corrected chi connectivity index (χ2v) is 5.70. The minimum absolute atomic E-state index is 0.225. The van der Waals surface area contributed by atoms with Gasteiger partial charge in [-0.05, 0) is 48.2 Å². The minimum atomic E-state index is -0.672. The van der Waals surface area contributed by atoms with Crippen molar-refractivity contribution in [3.63, 3.8) is 0 Å². The van der Waals surface area contributed by atoms with Crippen LogP contribution >= 0.6 is 0 Å². The Bertz CT molecular complexity index is 578. The van der Waals surface area contributed by atoms with E-state index in [0.29, 0.717) is 0 Å². The van der Waals surface area contributed by atoms with Crippen LogP contribution in [0.1, 0.15) is 43.4 Å². The predicted octanol–water partition coefficient (Wildman–Crippen LogP) is 4.54. The lowest BCUT2D eigenvalue weighted by Gasteiger charge is -2.14. The summed E-state index contributed by atoms with van der Waals surface area (Å²) in [5, 5.41) is 10.2. The smallest absolute Gasteiger partial charge is 0.119 e. The second-order valence-electron chi connectivity index (χ2n) is 5.70. The van der Waals surface area contributed by atoms with E-state index in [2.05, 4.69) is 19.1 Å². The zero-order valence-corrected chi connectivity index (χ0v) is 14.0. The van der Waals surface area contributed by atoms with Gasteiger partial charge in [0, 0.05) is 0 Å². The van der Waals surface area contributed by atoms with E-state index < -0.39 is 6.10 Å². The minimum Gasteiger partial charge on any atom is -0.497 e. The van der Waals surface area contributed by atoms with Gasteiger partial charge < -0.3 is 14.6 Å². The van der Waals surface area contributed by atoms with Crippen LogP contribution < -0.4 is 9.47 Å². The Kier molecular flexibility index (Phi) is 6.95. The van der Waals surface area contributed by atoms with Crippen LogP contribution in [-0.2, 0) is 6.42 Å². The normalized spacial score (nSPS) is 12.0. The number of methoxy groups -OCH3 is 1. The summed E-state index contributed by atoms with van der Waals surface area (Å²) in [6.45, 7) is 2.44. The van der Waals surface area contributed by atoms with Crippen molar-refractivity contribution in [2.75, 3.05) is 13.7 Å². The fourth-order valence-electron chi connectivity index (χ4n) is 2.45. The first kappa shape index (κ1) is 17.4. The monoisotopic (exact) mass is 314 g/mol. The summed E-state index contributed by atoms with van der Waals surface area (Å²) in [4.78, 5) is 0. The van der Waals surface area contributed by atoms with Crippen molar-refractivity contribution in [2.24, 2.45) is 0 Å². The first-order chi connectivity index (χ1) is 11.2. The molecule has 0 saturated carbocycles. The lowest BCUT2D eigenvalue weighted by Crippen LogP contribution is -2.09. The zero-order valence-electron chi connectivity index (χ0n) is 14.0. The molecule has 1 N–H and O–H groups in total. The van der Waals surface area contributed by atoms with Crippen LogP contribution in [-0.4, -0.2) is 18.8 Å². The Balaban J connectivity index is 1.84. The van der Waals surface area contributed by atoms with Gasteiger partial charge in [-0.15, -0.1) is 0 Å². The molecule has 3 nitrogen and oxygen atoms in total. The van der Waals surface area contributed by atoms with E-state index in [1.54, 1.807) is 7.11 Å². The largest absolute Gasteiger partial charge is 0.497 e. The SMILES string of the molecule is CCCCCc1ccc(OCC(O)c2cccc(OC)c2)cc1. The maximum atomic E-state index is 10.2. The van der Waals surface area contributed by atoms with Crippen molar-refractivity contribution in [1.82, 2.24) is 0 Å². The number of rotatable bonds is 9. The van der Waals surface area contributed by atoms with E-state index in [9.17, 15) is 5.11 Å². The van der Waals surface area contributed by atoms with Gasteiger partial charge in [-0.25, -0.2) is 0 Å². The van der Waals surface area contributed by atoms with Gasteiger partial charge in [0.05, 0.1) is 7.11 Å². The molecule has 23 heavy (non-hydrogen) atoms. The van der Waals surface area contributed by atoms with Gasteiger partial charge in [0.1, 0.15) is 24.2 Å². The lowest BCUT2D eigenvalue weighted by molar-refractivity contribution is 0.108. The molecule has 0 bridgehead atoms. The van der Waals surface area contributed by atoms with Gasteiger partial charge in [-0.1, -0.05) is 44.0 Å². The highest BCUT2D eigenvalue weighted by Crippen LogP contribution is 2.21. The summed E-state index contributed by atoms with van der Waals surface area (Å²) in [6.07, 6.45) is 4.18. The van der Waals surface area contributed by atoms with Gasteiger partial charge in [0.2, 0.25) is 0 Å². The Morgan fingerprint density at radius 1 is 1.00 bits per heavy atom. The molecule has 1 atom stereocenters. The Hall–Kier alpha value is -2.00. The highest BCUT2D eigenvalue weighted by atomic mass is 16.5. The molecular weight excluding hydrogens is 288 g/mol. The Morgan fingerprint density at radius 3 is 2.48 bits per heavy atom. The van der Waals surface area contributed by atoms with Gasteiger partial charge in [0.25, 0.3) is 0 Å². The van der Waals surface area contributed by atoms with Crippen LogP contribution in [0.15, 0.2) is 48.5 Å². The molecule has 0 aliphatic rings. The number of benzene rings is 2. The summed E-state index contributed by atoms with van der Waals surface area (Å²) < 4.78 is 10.9. The molecule has 0 radical (unpaired) electrons. The van der Waals surface area contributed by atoms with Crippen LogP contribution in [0.5, 0.6) is 11.5 Å². The molecule has 2 aromatic carbocycles. The molecular formula is C20H26O3. The molecule has 3 heteroatoms. The number of aliphatic hydroxyl groups excluding tert-OH is 1. The molecule has 0 amide bonds. The average Bonchev–Trinajstić information content (AvgIpc) is 2.61. The zero-order chi connectivity index (χ0) is 16.5. The average molecular weight is 314 g/mol.